The Hall–Kier alpha value is -0.140. The van der Waals surface area contributed by atoms with Crippen LogP contribution in [0.3, 0.4) is 0 Å². The van der Waals surface area contributed by atoms with E-state index < -0.39 is 0 Å². The number of halogens is 1. The number of tetrazole rings is 1. The Bertz CT molecular complexity index is 189. The third-order valence-electron chi connectivity index (χ3n) is 0.854. The molecule has 1 aromatic heterocycles. The lowest BCUT2D eigenvalue weighted by molar-refractivity contribution is 0.558. The fourth-order valence-electron chi connectivity index (χ4n) is 0.467. The van der Waals surface area contributed by atoms with Crippen molar-refractivity contribution in [3.8, 4) is 0 Å². The molecule has 1 aromatic rings. The van der Waals surface area contributed by atoms with Crippen molar-refractivity contribution < 1.29 is 0 Å². The number of aromatic nitrogens is 4. The van der Waals surface area contributed by atoms with Gasteiger partial charge in [-0.15, -0.1) is 34.7 Å². The smallest absolute Gasteiger partial charge is 0.206 e. The lowest BCUT2D eigenvalue weighted by atomic mass is 10.7. The summed E-state index contributed by atoms with van der Waals surface area (Å²) in [6, 6.07) is 0. The first kappa shape index (κ1) is 9.86. The standard InChI is InChI=1S/C3H7N5S.BrH/c4-1-2-8-3(9)5-6-7-8;/h1-2,4H2,(H,5,7,9);1H. The average molecular weight is 226 g/mol. The quantitative estimate of drug-likeness (QED) is 0.667. The number of thiol groups is 1. The van der Waals surface area contributed by atoms with E-state index in [0.29, 0.717) is 18.2 Å². The summed E-state index contributed by atoms with van der Waals surface area (Å²) in [5.74, 6) is 0. The zero-order valence-electron chi connectivity index (χ0n) is 5.14. The van der Waals surface area contributed by atoms with Gasteiger partial charge in [0.15, 0.2) is 0 Å². The van der Waals surface area contributed by atoms with Crippen LogP contribution < -0.4 is 5.73 Å². The van der Waals surface area contributed by atoms with E-state index in [1.807, 2.05) is 0 Å². The van der Waals surface area contributed by atoms with Gasteiger partial charge in [-0.3, -0.25) is 0 Å². The number of rotatable bonds is 2. The Labute approximate surface area is 74.2 Å². The molecule has 0 aromatic carbocycles. The molecule has 1 rings (SSSR count). The van der Waals surface area contributed by atoms with Crippen LogP contribution in [0.15, 0.2) is 5.16 Å². The Kier molecular flexibility index (Phi) is 4.58. The lowest BCUT2D eigenvalue weighted by Crippen LogP contribution is -2.11. The summed E-state index contributed by atoms with van der Waals surface area (Å²) in [4.78, 5) is 0. The van der Waals surface area contributed by atoms with Crippen molar-refractivity contribution >= 4 is 29.6 Å². The van der Waals surface area contributed by atoms with Crippen LogP contribution in [0.4, 0.5) is 0 Å². The molecule has 2 N–H and O–H groups in total. The van der Waals surface area contributed by atoms with Gasteiger partial charge < -0.3 is 5.73 Å². The summed E-state index contributed by atoms with van der Waals surface area (Å²) in [7, 11) is 0. The molecule has 0 unspecified atom stereocenters. The van der Waals surface area contributed by atoms with Crippen molar-refractivity contribution in [3.05, 3.63) is 0 Å². The molecular formula is C3H8BrN5S. The summed E-state index contributed by atoms with van der Waals surface area (Å²) in [6.45, 7) is 1.14. The Morgan fingerprint density at radius 2 is 2.30 bits per heavy atom. The molecule has 10 heavy (non-hydrogen) atoms. The van der Waals surface area contributed by atoms with Crippen LogP contribution in [-0.4, -0.2) is 26.8 Å². The largest absolute Gasteiger partial charge is 0.329 e. The third-order valence-corrected chi connectivity index (χ3v) is 1.17. The molecule has 0 atom stereocenters. The summed E-state index contributed by atoms with van der Waals surface area (Å²) in [5, 5.41) is 11.0. The molecule has 0 spiro atoms. The monoisotopic (exact) mass is 225 g/mol. The molecule has 0 aliphatic heterocycles. The van der Waals surface area contributed by atoms with Crippen LogP contribution in [-0.2, 0) is 6.54 Å². The maximum Gasteiger partial charge on any atom is 0.206 e. The highest BCUT2D eigenvalue weighted by Crippen LogP contribution is 1.94. The van der Waals surface area contributed by atoms with E-state index in [-0.39, 0.29) is 17.0 Å². The summed E-state index contributed by atoms with van der Waals surface area (Å²) in [6.07, 6.45) is 0. The Morgan fingerprint density at radius 1 is 1.60 bits per heavy atom. The zero-order chi connectivity index (χ0) is 6.69. The maximum absolute atomic E-state index is 5.24. The van der Waals surface area contributed by atoms with E-state index in [0.717, 1.165) is 0 Å². The van der Waals surface area contributed by atoms with Crippen molar-refractivity contribution in [2.24, 2.45) is 5.73 Å². The molecule has 7 heteroatoms. The lowest BCUT2D eigenvalue weighted by Gasteiger charge is -1.93. The minimum Gasteiger partial charge on any atom is -0.329 e. The van der Waals surface area contributed by atoms with E-state index in [1.54, 1.807) is 0 Å². The molecule has 5 nitrogen and oxygen atoms in total. The van der Waals surface area contributed by atoms with E-state index in [2.05, 4.69) is 28.2 Å². The second-order valence-corrected chi connectivity index (χ2v) is 1.89. The second-order valence-electron chi connectivity index (χ2n) is 1.49. The normalized spacial score (nSPS) is 9.00. The predicted octanol–water partition coefficient (Wildman–Crippen LogP) is -0.502. The van der Waals surface area contributed by atoms with Crippen molar-refractivity contribution in [1.82, 2.24) is 20.2 Å². The van der Waals surface area contributed by atoms with Crippen LogP contribution in [0, 0.1) is 0 Å². The summed E-state index contributed by atoms with van der Waals surface area (Å²) < 4.78 is 1.53. The highest BCUT2D eigenvalue weighted by molar-refractivity contribution is 8.93. The van der Waals surface area contributed by atoms with Crippen LogP contribution in [0.5, 0.6) is 0 Å². The van der Waals surface area contributed by atoms with Gasteiger partial charge in [-0.2, -0.15) is 0 Å². The molecule has 0 saturated carbocycles. The molecule has 0 aliphatic carbocycles. The predicted molar refractivity (Wildman–Crippen MR) is 44.4 cm³/mol. The van der Waals surface area contributed by atoms with E-state index in [1.165, 1.54) is 4.68 Å². The number of hydrogen-bond donors (Lipinski definition) is 2. The molecule has 0 amide bonds. The van der Waals surface area contributed by atoms with Crippen LogP contribution in [0.25, 0.3) is 0 Å². The third kappa shape index (κ3) is 2.24. The first-order valence-electron chi connectivity index (χ1n) is 2.50. The summed E-state index contributed by atoms with van der Waals surface area (Å²) >= 11 is 3.95. The van der Waals surface area contributed by atoms with Crippen LogP contribution in [0.2, 0.25) is 0 Å². The Balaban J connectivity index is 0.000000810. The first-order valence-corrected chi connectivity index (χ1v) is 2.94. The molecule has 0 saturated heterocycles. The highest BCUT2D eigenvalue weighted by atomic mass is 79.9. The van der Waals surface area contributed by atoms with Gasteiger partial charge in [-0.1, -0.05) is 0 Å². The number of nitrogens with zero attached hydrogens (tertiary/aromatic N) is 4. The van der Waals surface area contributed by atoms with Crippen molar-refractivity contribution in [1.29, 1.82) is 0 Å². The van der Waals surface area contributed by atoms with Gasteiger partial charge in [0.05, 0.1) is 6.54 Å². The average Bonchev–Trinajstić information content (AvgIpc) is 2.18. The molecule has 0 bridgehead atoms. The van der Waals surface area contributed by atoms with Gasteiger partial charge in [0.1, 0.15) is 0 Å². The van der Waals surface area contributed by atoms with Gasteiger partial charge >= 0.3 is 0 Å². The zero-order valence-corrected chi connectivity index (χ0v) is 7.74. The maximum atomic E-state index is 5.24. The van der Waals surface area contributed by atoms with E-state index in [4.69, 9.17) is 5.73 Å². The molecule has 0 radical (unpaired) electrons. The Morgan fingerprint density at radius 3 is 2.70 bits per heavy atom. The SMILES string of the molecule is Br.NCCn1nnnc1S. The minimum atomic E-state index is 0. The molecule has 0 fully saturated rings. The fraction of sp³-hybridized carbons (Fsp3) is 0.667. The van der Waals surface area contributed by atoms with Crippen molar-refractivity contribution in [2.75, 3.05) is 6.54 Å². The highest BCUT2D eigenvalue weighted by Gasteiger charge is 1.96. The first-order chi connectivity index (χ1) is 4.34. The number of nitrogens with two attached hydrogens (primary N) is 1. The fourth-order valence-corrected chi connectivity index (χ4v) is 0.647. The van der Waals surface area contributed by atoms with Crippen LogP contribution >= 0.6 is 29.6 Å². The number of hydrogen-bond acceptors (Lipinski definition) is 5. The van der Waals surface area contributed by atoms with Crippen molar-refractivity contribution in [3.63, 3.8) is 0 Å². The van der Waals surface area contributed by atoms with Gasteiger partial charge in [0, 0.05) is 6.54 Å². The van der Waals surface area contributed by atoms with Gasteiger partial charge in [0.2, 0.25) is 5.16 Å². The molecule has 58 valence electrons. The minimum absolute atomic E-state index is 0. The van der Waals surface area contributed by atoms with E-state index >= 15 is 0 Å². The van der Waals surface area contributed by atoms with Gasteiger partial charge in [-0.25, -0.2) is 4.68 Å². The van der Waals surface area contributed by atoms with Crippen molar-refractivity contribution in [2.45, 2.75) is 11.7 Å². The van der Waals surface area contributed by atoms with Gasteiger partial charge in [-0.05, 0) is 10.4 Å². The molecule has 0 aliphatic rings. The molecule has 1 heterocycles. The second kappa shape index (κ2) is 4.64. The summed E-state index contributed by atoms with van der Waals surface area (Å²) in [5.41, 5.74) is 5.24. The molecular weight excluding hydrogens is 218 g/mol. The van der Waals surface area contributed by atoms with E-state index in [9.17, 15) is 0 Å². The van der Waals surface area contributed by atoms with Gasteiger partial charge in [0.25, 0.3) is 0 Å². The van der Waals surface area contributed by atoms with Crippen LogP contribution in [0.1, 0.15) is 0 Å². The topological polar surface area (TPSA) is 69.6 Å².